The highest BCUT2D eigenvalue weighted by Gasteiger charge is 2.23. The first-order valence-corrected chi connectivity index (χ1v) is 6.85. The Balaban J connectivity index is 2.66. The Bertz CT molecular complexity index is 512. The molecule has 0 aliphatic rings. The van der Waals surface area contributed by atoms with Gasteiger partial charge in [0.2, 0.25) is 5.91 Å². The summed E-state index contributed by atoms with van der Waals surface area (Å²) in [6.07, 6.45) is 1.51. The van der Waals surface area contributed by atoms with E-state index in [1.165, 1.54) is 6.08 Å². The minimum atomic E-state index is -1.14. The summed E-state index contributed by atoms with van der Waals surface area (Å²) in [5, 5.41) is 11.6. The van der Waals surface area contributed by atoms with Crippen LogP contribution in [-0.4, -0.2) is 43.3 Å². The number of nitrogens with one attached hydrogen (secondary N) is 1. The van der Waals surface area contributed by atoms with Crippen molar-refractivity contribution in [3.8, 4) is 5.75 Å². The van der Waals surface area contributed by atoms with Crippen molar-refractivity contribution in [1.29, 1.82) is 0 Å². The lowest BCUT2D eigenvalue weighted by molar-refractivity contribution is -0.143. The zero-order chi connectivity index (χ0) is 16.5. The van der Waals surface area contributed by atoms with E-state index in [-0.39, 0.29) is 19.1 Å². The molecule has 2 N–H and O–H groups in total. The summed E-state index contributed by atoms with van der Waals surface area (Å²) in [5.41, 5.74) is 0.773. The Morgan fingerprint density at radius 2 is 2.00 bits per heavy atom. The molecule has 0 fully saturated rings. The van der Waals surface area contributed by atoms with Gasteiger partial charge in [0.05, 0.1) is 26.2 Å². The average molecular weight is 307 g/mol. The number of amides is 1. The Morgan fingerprint density at radius 1 is 1.36 bits per heavy atom. The summed E-state index contributed by atoms with van der Waals surface area (Å²) in [6.45, 7) is 5.31. The van der Waals surface area contributed by atoms with Crippen LogP contribution in [0.2, 0.25) is 0 Å². The number of hydrogen-bond donors (Lipinski definition) is 2. The van der Waals surface area contributed by atoms with Crippen LogP contribution in [0, 0.1) is 0 Å². The van der Waals surface area contributed by atoms with Crippen LogP contribution in [0.5, 0.6) is 5.75 Å². The quantitative estimate of drug-likeness (QED) is 0.534. The van der Waals surface area contributed by atoms with E-state index < -0.39 is 17.9 Å². The van der Waals surface area contributed by atoms with Crippen LogP contribution in [0.15, 0.2) is 36.9 Å². The second-order valence-electron chi connectivity index (χ2n) is 4.72. The third-order valence-corrected chi connectivity index (χ3v) is 3.14. The second-order valence-corrected chi connectivity index (χ2v) is 4.72. The first kappa shape index (κ1) is 17.7. The maximum atomic E-state index is 12.2. The van der Waals surface area contributed by atoms with Gasteiger partial charge in [-0.1, -0.05) is 18.2 Å². The van der Waals surface area contributed by atoms with E-state index in [0.29, 0.717) is 5.75 Å². The van der Waals surface area contributed by atoms with E-state index in [0.717, 1.165) is 5.56 Å². The molecule has 1 rings (SSSR count). The molecule has 1 aromatic carbocycles. The fraction of sp³-hybridized carbons (Fsp3) is 0.375. The Labute approximate surface area is 129 Å². The SMILES string of the molecule is C=CCOCC(NC(=O)C(C)c1ccc(OC)cc1)C(=O)O. The van der Waals surface area contributed by atoms with Crippen LogP contribution in [-0.2, 0) is 14.3 Å². The van der Waals surface area contributed by atoms with Gasteiger partial charge in [-0.3, -0.25) is 4.79 Å². The number of hydrogen-bond acceptors (Lipinski definition) is 4. The zero-order valence-corrected chi connectivity index (χ0v) is 12.7. The van der Waals surface area contributed by atoms with Gasteiger partial charge in [-0.05, 0) is 24.6 Å². The summed E-state index contributed by atoms with van der Waals surface area (Å²) >= 11 is 0. The van der Waals surface area contributed by atoms with E-state index in [1.54, 1.807) is 38.3 Å². The van der Waals surface area contributed by atoms with Crippen LogP contribution in [0.4, 0.5) is 0 Å². The van der Waals surface area contributed by atoms with Crippen molar-refractivity contribution >= 4 is 11.9 Å². The molecular weight excluding hydrogens is 286 g/mol. The topological polar surface area (TPSA) is 84.9 Å². The van der Waals surface area contributed by atoms with Gasteiger partial charge in [0, 0.05) is 0 Å². The van der Waals surface area contributed by atoms with Crippen molar-refractivity contribution in [2.45, 2.75) is 18.9 Å². The molecule has 0 bridgehead atoms. The lowest BCUT2D eigenvalue weighted by Gasteiger charge is -2.18. The minimum absolute atomic E-state index is 0.109. The molecule has 6 nitrogen and oxygen atoms in total. The van der Waals surface area contributed by atoms with E-state index in [9.17, 15) is 9.59 Å². The number of ether oxygens (including phenoxy) is 2. The van der Waals surface area contributed by atoms with Crippen molar-refractivity contribution in [3.63, 3.8) is 0 Å². The molecular formula is C16H21NO5. The predicted octanol–water partition coefficient (Wildman–Crippen LogP) is 1.57. The molecule has 0 saturated heterocycles. The first-order chi connectivity index (χ1) is 10.5. The number of benzene rings is 1. The van der Waals surface area contributed by atoms with Gasteiger partial charge in [0.25, 0.3) is 0 Å². The maximum Gasteiger partial charge on any atom is 0.328 e. The monoisotopic (exact) mass is 307 g/mol. The summed E-state index contributed by atoms with van der Waals surface area (Å²) in [4.78, 5) is 23.3. The predicted molar refractivity (Wildman–Crippen MR) is 82.0 cm³/mol. The largest absolute Gasteiger partial charge is 0.497 e. The smallest absolute Gasteiger partial charge is 0.328 e. The molecule has 1 amide bonds. The van der Waals surface area contributed by atoms with Gasteiger partial charge >= 0.3 is 5.97 Å². The number of carboxylic acids is 1. The third kappa shape index (κ3) is 5.21. The molecule has 0 heterocycles. The number of rotatable bonds is 9. The Morgan fingerprint density at radius 3 is 2.50 bits per heavy atom. The number of carboxylic acid groups (broad SMARTS) is 1. The highest BCUT2D eigenvalue weighted by Crippen LogP contribution is 2.19. The van der Waals surface area contributed by atoms with Crippen molar-refractivity contribution < 1.29 is 24.2 Å². The summed E-state index contributed by atoms with van der Waals surface area (Å²) in [7, 11) is 1.56. The van der Waals surface area contributed by atoms with Crippen molar-refractivity contribution in [1.82, 2.24) is 5.32 Å². The van der Waals surface area contributed by atoms with E-state index in [2.05, 4.69) is 11.9 Å². The van der Waals surface area contributed by atoms with Crippen LogP contribution in [0.25, 0.3) is 0 Å². The Kier molecular flexibility index (Phi) is 7.12. The minimum Gasteiger partial charge on any atom is -0.497 e. The van der Waals surface area contributed by atoms with E-state index >= 15 is 0 Å². The first-order valence-electron chi connectivity index (χ1n) is 6.85. The highest BCUT2D eigenvalue weighted by molar-refractivity contribution is 5.87. The number of methoxy groups -OCH3 is 1. The fourth-order valence-electron chi connectivity index (χ4n) is 1.78. The number of carbonyl (C=O) groups is 2. The van der Waals surface area contributed by atoms with Gasteiger partial charge < -0.3 is 19.9 Å². The van der Waals surface area contributed by atoms with Crippen molar-refractivity contribution in [2.75, 3.05) is 20.3 Å². The molecule has 22 heavy (non-hydrogen) atoms. The van der Waals surface area contributed by atoms with Gasteiger partial charge in [-0.15, -0.1) is 6.58 Å². The van der Waals surface area contributed by atoms with Crippen LogP contribution < -0.4 is 10.1 Å². The standard InChI is InChI=1S/C16H21NO5/c1-4-9-22-10-14(16(19)20)17-15(18)11(2)12-5-7-13(21-3)8-6-12/h4-8,11,14H,1,9-10H2,2-3H3,(H,17,18)(H,19,20). The Hall–Kier alpha value is -2.34. The molecule has 2 atom stereocenters. The van der Waals surface area contributed by atoms with Gasteiger partial charge in [0.15, 0.2) is 6.04 Å². The average Bonchev–Trinajstić information content (AvgIpc) is 2.53. The van der Waals surface area contributed by atoms with Gasteiger partial charge in [-0.25, -0.2) is 4.79 Å². The lowest BCUT2D eigenvalue weighted by atomic mass is 10.00. The third-order valence-electron chi connectivity index (χ3n) is 3.14. The lowest BCUT2D eigenvalue weighted by Crippen LogP contribution is -2.45. The molecule has 120 valence electrons. The van der Waals surface area contributed by atoms with Gasteiger partial charge in [0.1, 0.15) is 5.75 Å². The van der Waals surface area contributed by atoms with E-state index in [4.69, 9.17) is 14.6 Å². The molecule has 0 aliphatic carbocycles. The molecule has 0 aliphatic heterocycles. The second kappa shape index (κ2) is 8.84. The summed E-state index contributed by atoms with van der Waals surface area (Å²) in [5.74, 6) is -1.30. The van der Waals surface area contributed by atoms with Crippen LogP contribution in [0.1, 0.15) is 18.4 Å². The van der Waals surface area contributed by atoms with Gasteiger partial charge in [-0.2, -0.15) is 0 Å². The molecule has 0 spiro atoms. The zero-order valence-electron chi connectivity index (χ0n) is 12.7. The summed E-state index contributed by atoms with van der Waals surface area (Å²) < 4.78 is 10.2. The van der Waals surface area contributed by atoms with Crippen LogP contribution >= 0.6 is 0 Å². The number of aliphatic carboxylic acids is 1. The van der Waals surface area contributed by atoms with E-state index in [1.807, 2.05) is 0 Å². The molecule has 6 heteroatoms. The fourth-order valence-corrected chi connectivity index (χ4v) is 1.78. The molecule has 1 aromatic rings. The van der Waals surface area contributed by atoms with Crippen molar-refractivity contribution in [2.24, 2.45) is 0 Å². The molecule has 0 saturated carbocycles. The maximum absolute atomic E-state index is 12.2. The molecule has 2 unspecified atom stereocenters. The molecule has 0 radical (unpaired) electrons. The van der Waals surface area contributed by atoms with Crippen LogP contribution in [0.3, 0.4) is 0 Å². The highest BCUT2D eigenvalue weighted by atomic mass is 16.5. The summed E-state index contributed by atoms with van der Waals surface area (Å²) in [6, 6.07) is 5.95. The normalized spacial score (nSPS) is 13.0. The molecule has 0 aromatic heterocycles. The van der Waals surface area contributed by atoms with Crippen molar-refractivity contribution in [3.05, 3.63) is 42.5 Å². The number of carbonyl (C=O) groups excluding carboxylic acids is 1.